The van der Waals surface area contributed by atoms with Crippen molar-refractivity contribution in [2.24, 2.45) is 0 Å². The van der Waals surface area contributed by atoms with E-state index in [1.54, 1.807) is 0 Å². The largest absolute Gasteiger partial charge is 0.462 e. The fourth-order valence-electron chi connectivity index (χ4n) is 8.32. The molecule has 0 saturated heterocycles. The number of rotatable bonds is 52. The number of hydrogen-bond donors (Lipinski definition) is 1. The summed E-state index contributed by atoms with van der Waals surface area (Å²) in [5.41, 5.74) is 0. The topological polar surface area (TPSA) is 72.8 Å². The minimum absolute atomic E-state index is 0.0644. The molecule has 0 fully saturated rings. The van der Waals surface area contributed by atoms with Gasteiger partial charge in [0.2, 0.25) is 0 Å². The lowest BCUT2D eigenvalue weighted by Gasteiger charge is -2.15. The number of ether oxygens (including phenoxy) is 2. The minimum Gasteiger partial charge on any atom is -0.462 e. The van der Waals surface area contributed by atoms with Crippen molar-refractivity contribution in [2.75, 3.05) is 13.2 Å². The lowest BCUT2D eigenvalue weighted by atomic mass is 10.0. The van der Waals surface area contributed by atoms with Crippen LogP contribution in [-0.4, -0.2) is 36.4 Å². The molecule has 1 N–H and O–H groups in total. The van der Waals surface area contributed by atoms with E-state index in [0.717, 1.165) is 51.4 Å². The van der Waals surface area contributed by atoms with E-state index < -0.39 is 6.10 Å². The molecule has 374 valence electrons. The molecule has 5 nitrogen and oxygen atoms in total. The Balaban J connectivity index is 3.46. The molecule has 0 aliphatic rings. The van der Waals surface area contributed by atoms with Gasteiger partial charge in [-0.2, -0.15) is 0 Å². The van der Waals surface area contributed by atoms with E-state index in [9.17, 15) is 14.7 Å². The van der Waals surface area contributed by atoms with Gasteiger partial charge in [0.25, 0.3) is 0 Å². The molecule has 0 aliphatic heterocycles. The van der Waals surface area contributed by atoms with E-state index >= 15 is 0 Å². The SMILES string of the molecule is CCCCCCC/C=C\C/C=C\CCCCCCCCCCCCCCCC(=O)OCC(CO)OC(=O)CCCCCCCCCCCCCCC/C=C\C/C=C\CCCCCCC. The number of allylic oxidation sites excluding steroid dienone is 8. The quantitative estimate of drug-likeness (QED) is 0.0374. The van der Waals surface area contributed by atoms with Crippen LogP contribution in [0, 0.1) is 0 Å². The van der Waals surface area contributed by atoms with Gasteiger partial charge in [-0.3, -0.25) is 9.59 Å². The van der Waals surface area contributed by atoms with Gasteiger partial charge in [0, 0.05) is 12.8 Å². The predicted molar refractivity (Wildman–Crippen MR) is 279 cm³/mol. The molecular formula is C59H108O5. The number of carbonyl (C=O) groups excluding carboxylic acids is 2. The maximum Gasteiger partial charge on any atom is 0.306 e. The van der Waals surface area contributed by atoms with E-state index in [1.807, 2.05) is 0 Å². The van der Waals surface area contributed by atoms with Gasteiger partial charge in [-0.05, 0) is 77.0 Å². The number of carbonyl (C=O) groups is 2. The second-order valence-corrected chi connectivity index (χ2v) is 19.0. The van der Waals surface area contributed by atoms with E-state index in [4.69, 9.17) is 9.47 Å². The van der Waals surface area contributed by atoms with Gasteiger partial charge < -0.3 is 14.6 Å². The number of unbranched alkanes of at least 4 members (excludes halogenated alkanes) is 36. The molecule has 0 heterocycles. The molecule has 5 heteroatoms. The summed E-state index contributed by atoms with van der Waals surface area (Å²) < 4.78 is 10.7. The Labute approximate surface area is 398 Å². The predicted octanol–water partition coefficient (Wildman–Crippen LogP) is 18.9. The highest BCUT2D eigenvalue weighted by Gasteiger charge is 2.16. The molecule has 64 heavy (non-hydrogen) atoms. The van der Waals surface area contributed by atoms with Crippen LogP contribution in [0.25, 0.3) is 0 Å². The van der Waals surface area contributed by atoms with Crippen molar-refractivity contribution in [3.05, 3.63) is 48.6 Å². The number of esters is 2. The first-order valence-corrected chi connectivity index (χ1v) is 28.2. The fraction of sp³-hybridized carbons (Fsp3) is 0.831. The minimum atomic E-state index is -0.773. The molecule has 1 unspecified atom stereocenters. The summed E-state index contributed by atoms with van der Waals surface area (Å²) in [6.07, 6.45) is 72.2. The molecule has 0 rings (SSSR count). The molecule has 0 amide bonds. The smallest absolute Gasteiger partial charge is 0.306 e. The lowest BCUT2D eigenvalue weighted by molar-refractivity contribution is -0.161. The van der Waals surface area contributed by atoms with Crippen LogP contribution >= 0.6 is 0 Å². The summed E-state index contributed by atoms with van der Waals surface area (Å²) in [6, 6.07) is 0. The maximum absolute atomic E-state index is 12.3. The van der Waals surface area contributed by atoms with Gasteiger partial charge in [-0.15, -0.1) is 0 Å². The Morgan fingerprint density at radius 2 is 0.625 bits per heavy atom. The van der Waals surface area contributed by atoms with Crippen molar-refractivity contribution in [1.82, 2.24) is 0 Å². The van der Waals surface area contributed by atoms with Crippen LogP contribution in [0.1, 0.15) is 296 Å². The van der Waals surface area contributed by atoms with Gasteiger partial charge >= 0.3 is 11.9 Å². The monoisotopic (exact) mass is 897 g/mol. The molecule has 0 aliphatic carbocycles. The van der Waals surface area contributed by atoms with Crippen molar-refractivity contribution in [3.8, 4) is 0 Å². The second-order valence-electron chi connectivity index (χ2n) is 19.0. The van der Waals surface area contributed by atoms with Gasteiger partial charge in [-0.25, -0.2) is 0 Å². The Hall–Kier alpha value is -2.14. The van der Waals surface area contributed by atoms with Crippen molar-refractivity contribution in [3.63, 3.8) is 0 Å². The zero-order valence-electron chi connectivity index (χ0n) is 42.8. The van der Waals surface area contributed by atoms with E-state index in [-0.39, 0.29) is 25.2 Å². The van der Waals surface area contributed by atoms with Gasteiger partial charge in [0.1, 0.15) is 6.61 Å². The second kappa shape index (κ2) is 55.2. The third-order valence-electron chi connectivity index (χ3n) is 12.6. The molecule has 0 saturated carbocycles. The van der Waals surface area contributed by atoms with Crippen molar-refractivity contribution >= 4 is 11.9 Å². The maximum atomic E-state index is 12.3. The Bertz CT molecular complexity index is 1060. The van der Waals surface area contributed by atoms with E-state index in [0.29, 0.717) is 12.8 Å². The number of aliphatic hydroxyl groups excluding tert-OH is 1. The molecule has 1 atom stereocenters. The normalized spacial score (nSPS) is 12.5. The fourth-order valence-corrected chi connectivity index (χ4v) is 8.32. The van der Waals surface area contributed by atoms with Gasteiger partial charge in [0.15, 0.2) is 6.10 Å². The van der Waals surface area contributed by atoms with E-state index in [1.165, 1.54) is 218 Å². The number of aliphatic hydroxyl groups is 1. The zero-order valence-corrected chi connectivity index (χ0v) is 42.8. The molecule has 0 aromatic heterocycles. The standard InChI is InChI=1S/C59H108O5/c1-3-5-7-9-11-13-15-17-19-21-23-25-27-29-31-33-35-37-39-41-43-45-47-49-51-53-58(61)63-56-57(55-60)64-59(62)54-52-50-48-46-44-42-40-38-36-34-32-30-28-26-24-22-20-18-16-14-12-10-8-6-4-2/h15-18,21-24,57,60H,3-14,19-20,25-56H2,1-2H3/b17-15-,18-16-,23-21-,24-22-. The van der Waals surface area contributed by atoms with Crippen LogP contribution in [0.4, 0.5) is 0 Å². The van der Waals surface area contributed by atoms with Crippen molar-refractivity contribution in [1.29, 1.82) is 0 Å². The lowest BCUT2D eigenvalue weighted by Crippen LogP contribution is -2.28. The molecule has 0 bridgehead atoms. The van der Waals surface area contributed by atoms with Crippen molar-refractivity contribution in [2.45, 2.75) is 302 Å². The Kier molecular flexibility index (Phi) is 53.3. The third kappa shape index (κ3) is 52.5. The molecule has 0 aromatic carbocycles. The average Bonchev–Trinajstić information content (AvgIpc) is 3.30. The molecule has 0 radical (unpaired) electrons. The first-order chi connectivity index (χ1) is 31.6. The van der Waals surface area contributed by atoms with Crippen LogP contribution in [-0.2, 0) is 19.1 Å². The highest BCUT2D eigenvalue weighted by Crippen LogP contribution is 2.16. The first-order valence-electron chi connectivity index (χ1n) is 28.2. The summed E-state index contributed by atoms with van der Waals surface area (Å²) in [5, 5.41) is 9.65. The highest BCUT2D eigenvalue weighted by molar-refractivity contribution is 5.70. The number of hydrogen-bond acceptors (Lipinski definition) is 5. The highest BCUT2D eigenvalue weighted by atomic mass is 16.6. The van der Waals surface area contributed by atoms with Crippen molar-refractivity contribution < 1.29 is 24.2 Å². The van der Waals surface area contributed by atoms with Crippen LogP contribution in [0.3, 0.4) is 0 Å². The molecule has 0 spiro atoms. The molecule has 0 aromatic rings. The van der Waals surface area contributed by atoms with Crippen LogP contribution in [0.2, 0.25) is 0 Å². The Morgan fingerprint density at radius 3 is 0.922 bits per heavy atom. The average molecular weight is 898 g/mol. The van der Waals surface area contributed by atoms with Gasteiger partial charge in [-0.1, -0.05) is 255 Å². The zero-order chi connectivity index (χ0) is 46.3. The summed E-state index contributed by atoms with van der Waals surface area (Å²) in [4.78, 5) is 24.5. The third-order valence-corrected chi connectivity index (χ3v) is 12.6. The molecular weight excluding hydrogens is 789 g/mol. The van der Waals surface area contributed by atoms with Crippen LogP contribution < -0.4 is 0 Å². The van der Waals surface area contributed by atoms with Crippen LogP contribution in [0.5, 0.6) is 0 Å². The van der Waals surface area contributed by atoms with Gasteiger partial charge in [0.05, 0.1) is 6.61 Å². The summed E-state index contributed by atoms with van der Waals surface area (Å²) >= 11 is 0. The van der Waals surface area contributed by atoms with Crippen LogP contribution in [0.15, 0.2) is 48.6 Å². The van der Waals surface area contributed by atoms with E-state index in [2.05, 4.69) is 62.5 Å². The summed E-state index contributed by atoms with van der Waals surface area (Å²) in [7, 11) is 0. The summed E-state index contributed by atoms with van der Waals surface area (Å²) in [5.74, 6) is -0.580. The summed E-state index contributed by atoms with van der Waals surface area (Å²) in [6.45, 7) is 4.15. The first kappa shape index (κ1) is 61.9. The Morgan fingerprint density at radius 1 is 0.359 bits per heavy atom.